The third-order valence-corrected chi connectivity index (χ3v) is 4.82. The van der Waals surface area contributed by atoms with Crippen LogP contribution in [0, 0.1) is 0 Å². The van der Waals surface area contributed by atoms with Gasteiger partial charge in [-0.15, -0.1) is 0 Å². The SMILES string of the molecule is CN(C)CC(O)COc1ccc(Nc2ncc(COc3ccon3)c(Nc3ccccc3)n2)cc1. The Hall–Kier alpha value is -4.15. The molecule has 0 aliphatic heterocycles. The van der Waals surface area contributed by atoms with Crippen molar-refractivity contribution in [1.29, 1.82) is 0 Å². The molecule has 0 saturated carbocycles. The van der Waals surface area contributed by atoms with Gasteiger partial charge in [-0.2, -0.15) is 4.98 Å². The molecule has 0 amide bonds. The maximum Gasteiger partial charge on any atom is 0.254 e. The van der Waals surface area contributed by atoms with Crippen molar-refractivity contribution in [3.8, 4) is 11.6 Å². The number of hydrogen-bond acceptors (Lipinski definition) is 10. The van der Waals surface area contributed by atoms with E-state index in [1.165, 1.54) is 6.26 Å². The number of aromatic nitrogens is 3. The zero-order valence-corrected chi connectivity index (χ0v) is 19.6. The highest BCUT2D eigenvalue weighted by Gasteiger charge is 2.11. The first-order valence-electron chi connectivity index (χ1n) is 11.1. The van der Waals surface area contributed by atoms with Crippen LogP contribution in [0.15, 0.2) is 77.6 Å². The van der Waals surface area contributed by atoms with Crippen molar-refractivity contribution >= 4 is 23.1 Å². The van der Waals surface area contributed by atoms with Crippen LogP contribution in [0.4, 0.5) is 23.1 Å². The highest BCUT2D eigenvalue weighted by molar-refractivity contribution is 5.62. The van der Waals surface area contributed by atoms with Crippen LogP contribution < -0.4 is 20.1 Å². The average Bonchev–Trinajstić information content (AvgIpc) is 3.37. The predicted octanol–water partition coefficient (Wildman–Crippen LogP) is 3.83. The van der Waals surface area contributed by atoms with E-state index >= 15 is 0 Å². The molecule has 0 aliphatic rings. The first-order valence-corrected chi connectivity index (χ1v) is 11.1. The summed E-state index contributed by atoms with van der Waals surface area (Å²) in [6.07, 6.45) is 2.59. The molecule has 0 bridgehead atoms. The lowest BCUT2D eigenvalue weighted by Gasteiger charge is -2.16. The molecule has 10 heteroatoms. The van der Waals surface area contributed by atoms with Crippen LogP contribution in [0.5, 0.6) is 11.6 Å². The molecule has 3 N–H and O–H groups in total. The molecule has 0 spiro atoms. The van der Waals surface area contributed by atoms with Crippen molar-refractivity contribution < 1.29 is 19.1 Å². The Bertz CT molecular complexity index is 1170. The van der Waals surface area contributed by atoms with Gasteiger partial charge in [0.25, 0.3) is 5.88 Å². The molecule has 4 aromatic rings. The van der Waals surface area contributed by atoms with Gasteiger partial charge in [-0.25, -0.2) is 4.98 Å². The molecule has 1 atom stereocenters. The summed E-state index contributed by atoms with van der Waals surface area (Å²) in [4.78, 5) is 11.0. The minimum Gasteiger partial charge on any atom is -0.491 e. The van der Waals surface area contributed by atoms with Gasteiger partial charge in [-0.1, -0.05) is 18.2 Å². The number of hydrogen-bond donors (Lipinski definition) is 3. The van der Waals surface area contributed by atoms with Crippen molar-refractivity contribution in [2.75, 3.05) is 37.9 Å². The Morgan fingerprint density at radius 3 is 2.46 bits per heavy atom. The monoisotopic (exact) mass is 476 g/mol. The van der Waals surface area contributed by atoms with E-state index in [0.29, 0.717) is 29.9 Å². The fraction of sp³-hybridized carbons (Fsp3) is 0.240. The lowest BCUT2D eigenvalue weighted by Crippen LogP contribution is -2.30. The van der Waals surface area contributed by atoms with Gasteiger partial charge < -0.3 is 34.6 Å². The molecule has 0 radical (unpaired) electrons. The zero-order chi connectivity index (χ0) is 24.5. The zero-order valence-electron chi connectivity index (χ0n) is 19.6. The molecule has 1 unspecified atom stereocenters. The molecular weight excluding hydrogens is 448 g/mol. The quantitative estimate of drug-likeness (QED) is 0.278. The third kappa shape index (κ3) is 7.42. The van der Waals surface area contributed by atoms with Gasteiger partial charge in [0.2, 0.25) is 5.95 Å². The second-order valence-corrected chi connectivity index (χ2v) is 8.06. The van der Waals surface area contributed by atoms with Crippen LogP contribution in [-0.4, -0.2) is 58.5 Å². The number of nitrogens with one attached hydrogen (secondary N) is 2. The maximum absolute atomic E-state index is 9.96. The van der Waals surface area contributed by atoms with Crippen molar-refractivity contribution in [1.82, 2.24) is 20.0 Å². The van der Waals surface area contributed by atoms with E-state index in [1.807, 2.05) is 73.6 Å². The van der Waals surface area contributed by atoms with Crippen LogP contribution in [-0.2, 0) is 6.61 Å². The molecule has 0 saturated heterocycles. The van der Waals surface area contributed by atoms with E-state index in [2.05, 4.69) is 25.8 Å². The number of aliphatic hydroxyl groups is 1. The normalized spacial score (nSPS) is 11.8. The number of ether oxygens (including phenoxy) is 2. The van der Waals surface area contributed by atoms with Crippen LogP contribution in [0.3, 0.4) is 0 Å². The summed E-state index contributed by atoms with van der Waals surface area (Å²) in [5, 5.41) is 20.2. The Morgan fingerprint density at radius 2 is 1.74 bits per heavy atom. The first kappa shape index (κ1) is 24.0. The summed E-state index contributed by atoms with van der Waals surface area (Å²) >= 11 is 0. The molecule has 182 valence electrons. The molecule has 2 aromatic heterocycles. The van der Waals surface area contributed by atoms with E-state index in [-0.39, 0.29) is 13.2 Å². The lowest BCUT2D eigenvalue weighted by molar-refractivity contribution is 0.0831. The smallest absolute Gasteiger partial charge is 0.254 e. The average molecular weight is 477 g/mol. The van der Waals surface area contributed by atoms with Gasteiger partial charge in [0.15, 0.2) is 0 Å². The van der Waals surface area contributed by atoms with Crippen LogP contribution >= 0.6 is 0 Å². The van der Waals surface area contributed by atoms with Crippen molar-refractivity contribution in [3.63, 3.8) is 0 Å². The van der Waals surface area contributed by atoms with Crippen molar-refractivity contribution in [2.45, 2.75) is 12.7 Å². The van der Waals surface area contributed by atoms with E-state index in [9.17, 15) is 5.11 Å². The number of para-hydroxylation sites is 1. The molecule has 0 aliphatic carbocycles. The third-order valence-electron chi connectivity index (χ3n) is 4.82. The van der Waals surface area contributed by atoms with E-state index in [1.54, 1.807) is 12.3 Å². The second kappa shape index (κ2) is 11.8. The standard InChI is InChI=1S/C25H28N6O4/c1-31(2)15-21(32)17-33-22-10-8-20(9-11-22)28-25-26-14-18(16-34-23-12-13-35-30-23)24(29-25)27-19-6-4-3-5-7-19/h3-14,21,32H,15-17H2,1-2H3,(H2,26,27,28,29). The summed E-state index contributed by atoms with van der Waals surface area (Å²) in [6.45, 7) is 0.976. The van der Waals surface area contributed by atoms with Crippen LogP contribution in [0.25, 0.3) is 0 Å². The van der Waals surface area contributed by atoms with Crippen molar-refractivity contribution in [2.24, 2.45) is 0 Å². The highest BCUT2D eigenvalue weighted by atomic mass is 16.5. The van der Waals surface area contributed by atoms with Gasteiger partial charge >= 0.3 is 0 Å². The fourth-order valence-corrected chi connectivity index (χ4v) is 3.20. The molecule has 2 aromatic carbocycles. The molecule has 4 rings (SSSR count). The molecule has 10 nitrogen and oxygen atoms in total. The number of aliphatic hydroxyl groups excluding tert-OH is 1. The highest BCUT2D eigenvalue weighted by Crippen LogP contribution is 2.24. The maximum atomic E-state index is 9.96. The summed E-state index contributed by atoms with van der Waals surface area (Å²) in [6, 6.07) is 18.8. The number of likely N-dealkylation sites (N-methyl/N-ethyl adjacent to an activating group) is 1. The van der Waals surface area contributed by atoms with Gasteiger partial charge in [0.1, 0.15) is 37.1 Å². The molecular formula is C25H28N6O4. The number of nitrogens with zero attached hydrogens (tertiary/aromatic N) is 4. The van der Waals surface area contributed by atoms with Crippen LogP contribution in [0.1, 0.15) is 5.56 Å². The largest absolute Gasteiger partial charge is 0.491 e. The Kier molecular flexibility index (Phi) is 8.10. The Morgan fingerprint density at radius 1 is 0.971 bits per heavy atom. The topological polar surface area (TPSA) is 118 Å². The van der Waals surface area contributed by atoms with Gasteiger partial charge in [0, 0.05) is 30.2 Å². The summed E-state index contributed by atoms with van der Waals surface area (Å²) < 4.78 is 16.1. The number of rotatable bonds is 12. The minimum absolute atomic E-state index is 0.216. The number of benzene rings is 2. The van der Waals surface area contributed by atoms with Crippen LogP contribution in [0.2, 0.25) is 0 Å². The predicted molar refractivity (Wildman–Crippen MR) is 132 cm³/mol. The van der Waals surface area contributed by atoms with E-state index < -0.39 is 6.10 Å². The summed E-state index contributed by atoms with van der Waals surface area (Å²) in [5.41, 5.74) is 2.43. The Balaban J connectivity index is 1.43. The minimum atomic E-state index is -0.557. The molecule has 0 fully saturated rings. The summed E-state index contributed by atoms with van der Waals surface area (Å²) in [7, 11) is 3.81. The van der Waals surface area contributed by atoms with E-state index in [4.69, 9.17) is 14.0 Å². The fourth-order valence-electron chi connectivity index (χ4n) is 3.20. The van der Waals surface area contributed by atoms with E-state index in [0.717, 1.165) is 16.9 Å². The van der Waals surface area contributed by atoms with Gasteiger partial charge in [0.05, 0.1) is 5.56 Å². The first-order chi connectivity index (χ1) is 17.0. The van der Waals surface area contributed by atoms with Gasteiger partial charge in [-0.3, -0.25) is 0 Å². The van der Waals surface area contributed by atoms with Gasteiger partial charge in [-0.05, 0) is 55.7 Å². The Labute approximate surface area is 203 Å². The molecule has 35 heavy (non-hydrogen) atoms. The number of anilines is 4. The van der Waals surface area contributed by atoms with Crippen molar-refractivity contribution in [3.05, 3.63) is 78.7 Å². The lowest BCUT2D eigenvalue weighted by atomic mass is 10.2. The second-order valence-electron chi connectivity index (χ2n) is 8.06. The molecule has 2 heterocycles. The summed E-state index contributed by atoms with van der Waals surface area (Å²) in [5.74, 6) is 2.08.